The number of aromatic nitrogens is 2. The number of halogens is 4. The van der Waals surface area contributed by atoms with Crippen molar-refractivity contribution in [3.63, 3.8) is 0 Å². The Hall–Kier alpha value is -3.32. The number of alkyl halides is 3. The van der Waals surface area contributed by atoms with Gasteiger partial charge in [0.25, 0.3) is 5.56 Å². The van der Waals surface area contributed by atoms with Crippen LogP contribution in [0.4, 0.5) is 13.2 Å². The van der Waals surface area contributed by atoms with Gasteiger partial charge in [-0.2, -0.15) is 23.4 Å². The zero-order chi connectivity index (χ0) is 26.6. The van der Waals surface area contributed by atoms with Gasteiger partial charge < -0.3 is 9.47 Å². The summed E-state index contributed by atoms with van der Waals surface area (Å²) in [7, 11) is 1.33. The summed E-state index contributed by atoms with van der Waals surface area (Å²) in [5.74, 6) is 0.0993. The molecule has 34 heavy (non-hydrogen) atoms. The molecule has 0 N–H and O–H groups in total. The molecule has 186 valence electrons. The van der Waals surface area contributed by atoms with Crippen LogP contribution < -0.4 is 5.56 Å². The molecular formula is C23H28ClF3N4O3. The van der Waals surface area contributed by atoms with Crippen molar-refractivity contribution < 1.29 is 22.6 Å². The summed E-state index contributed by atoms with van der Waals surface area (Å²) in [5.41, 5.74) is -2.33. The van der Waals surface area contributed by atoms with Crippen LogP contribution in [0.3, 0.4) is 0 Å². The molecule has 7 nitrogen and oxygen atoms in total. The molecule has 0 unspecified atom stereocenters. The Morgan fingerprint density at radius 3 is 2.32 bits per heavy atom. The van der Waals surface area contributed by atoms with E-state index in [9.17, 15) is 23.2 Å². The van der Waals surface area contributed by atoms with Crippen molar-refractivity contribution in [2.45, 2.75) is 47.3 Å². The van der Waals surface area contributed by atoms with Gasteiger partial charge in [0.05, 0.1) is 40.7 Å². The Morgan fingerprint density at radius 2 is 1.85 bits per heavy atom. The van der Waals surface area contributed by atoms with Crippen molar-refractivity contribution in [3.05, 3.63) is 63.5 Å². The maximum Gasteiger partial charge on any atom is 0.416 e. The first kappa shape index (κ1) is 30.7. The smallest absolute Gasteiger partial charge is 0.416 e. The third kappa shape index (κ3) is 7.92. The second-order valence-corrected chi connectivity index (χ2v) is 6.37. The molecule has 0 spiro atoms. The number of benzene rings is 1. The predicted molar refractivity (Wildman–Crippen MR) is 128 cm³/mol. The maximum absolute atomic E-state index is 13.0. The van der Waals surface area contributed by atoms with Gasteiger partial charge in [0.2, 0.25) is 11.8 Å². The first-order valence-electron chi connectivity index (χ1n) is 10.3. The first-order chi connectivity index (χ1) is 16.0. The van der Waals surface area contributed by atoms with Crippen molar-refractivity contribution in [2.24, 2.45) is 4.99 Å². The third-order valence-corrected chi connectivity index (χ3v) is 4.09. The summed E-state index contributed by atoms with van der Waals surface area (Å²) in [5, 5.41) is 9.07. The molecule has 2 rings (SSSR count). The highest BCUT2D eigenvalue weighted by molar-refractivity contribution is 6.41. The van der Waals surface area contributed by atoms with Gasteiger partial charge in [-0.15, -0.1) is 0 Å². The van der Waals surface area contributed by atoms with E-state index < -0.39 is 22.9 Å². The maximum atomic E-state index is 13.0. The van der Waals surface area contributed by atoms with Crippen molar-refractivity contribution in [1.82, 2.24) is 9.55 Å². The van der Waals surface area contributed by atoms with Gasteiger partial charge in [-0.25, -0.2) is 4.98 Å². The number of methoxy groups -OCH3 is 1. The standard InChI is InChI=1S/C19H16ClF3N4O3.2C2H6/c1-10(20)17(29-4)26-12(3)30-6-5-27-11(2)25-15-8-14(19(21,22)23)7-13(9-24)16(15)18(27)28;2*1-2/h7-8H,1,3,5-6H2,2,4H3;2*1-2H3/b26-17+;;. The number of nitriles is 1. The zero-order valence-corrected chi connectivity index (χ0v) is 20.8. The van der Waals surface area contributed by atoms with Gasteiger partial charge in [-0.05, 0) is 25.6 Å². The summed E-state index contributed by atoms with van der Waals surface area (Å²) >= 11 is 5.69. The fourth-order valence-corrected chi connectivity index (χ4v) is 2.71. The molecule has 0 saturated carbocycles. The normalized spacial score (nSPS) is 10.8. The number of aryl methyl sites for hydroxylation is 1. The molecule has 0 radical (unpaired) electrons. The lowest BCUT2D eigenvalue weighted by Gasteiger charge is -2.14. The van der Waals surface area contributed by atoms with Gasteiger partial charge in [0, 0.05) is 0 Å². The summed E-state index contributed by atoms with van der Waals surface area (Å²) in [6, 6.07) is 3.00. The topological polar surface area (TPSA) is 89.5 Å². The minimum atomic E-state index is -4.67. The van der Waals surface area contributed by atoms with E-state index in [2.05, 4.69) is 23.1 Å². The molecule has 11 heteroatoms. The van der Waals surface area contributed by atoms with Crippen LogP contribution in [0, 0.1) is 18.3 Å². The Labute approximate surface area is 201 Å². The molecule has 2 aromatic rings. The number of fused-ring (bicyclic) bond motifs is 1. The number of rotatable bonds is 6. The molecule has 0 aliphatic heterocycles. The van der Waals surface area contributed by atoms with Gasteiger partial charge in [-0.1, -0.05) is 45.9 Å². The highest BCUT2D eigenvalue weighted by atomic mass is 35.5. The van der Waals surface area contributed by atoms with Crippen LogP contribution in [0.25, 0.3) is 10.9 Å². The summed E-state index contributed by atoms with van der Waals surface area (Å²) in [4.78, 5) is 20.7. The molecule has 0 saturated heterocycles. The van der Waals surface area contributed by atoms with Crippen molar-refractivity contribution >= 4 is 28.4 Å². The minimum Gasteiger partial charge on any atom is -0.480 e. The van der Waals surface area contributed by atoms with E-state index in [1.54, 1.807) is 6.07 Å². The van der Waals surface area contributed by atoms with Crippen LogP contribution in [-0.4, -0.2) is 29.2 Å². The van der Waals surface area contributed by atoms with Gasteiger partial charge in [0.15, 0.2) is 0 Å². The van der Waals surface area contributed by atoms with Crippen LogP contribution in [0.5, 0.6) is 0 Å². The quantitative estimate of drug-likeness (QED) is 0.278. The molecular weight excluding hydrogens is 473 g/mol. The van der Waals surface area contributed by atoms with Crippen LogP contribution >= 0.6 is 11.6 Å². The number of hydrogen-bond donors (Lipinski definition) is 0. The fourth-order valence-electron chi connectivity index (χ4n) is 2.59. The first-order valence-corrected chi connectivity index (χ1v) is 10.7. The van der Waals surface area contributed by atoms with Gasteiger partial charge in [-0.3, -0.25) is 9.36 Å². The Balaban J connectivity index is 0.00000258. The largest absolute Gasteiger partial charge is 0.480 e. The monoisotopic (exact) mass is 500 g/mol. The van der Waals surface area contributed by atoms with Crippen LogP contribution in [-0.2, 0) is 22.2 Å². The summed E-state index contributed by atoms with van der Waals surface area (Å²) in [6.45, 7) is 16.4. The molecule has 1 heterocycles. The number of ether oxygens (including phenoxy) is 2. The lowest BCUT2D eigenvalue weighted by Crippen LogP contribution is -2.26. The molecule has 0 atom stereocenters. The number of nitrogens with zero attached hydrogens (tertiary/aromatic N) is 4. The molecule has 0 fully saturated rings. The van der Waals surface area contributed by atoms with Crippen LogP contribution in [0.15, 0.2) is 46.0 Å². The molecule has 0 aliphatic carbocycles. The van der Waals surface area contributed by atoms with E-state index in [4.69, 9.17) is 21.1 Å². The SMILES string of the molecule is C=C(/N=C(/OC)C(=C)Cl)OCCn1c(C)nc2cc(C(F)(F)F)cc(C#N)c2c1=O.CC.CC. The lowest BCUT2D eigenvalue weighted by molar-refractivity contribution is -0.137. The number of aliphatic imine (C=N–C) groups is 1. The zero-order valence-electron chi connectivity index (χ0n) is 20.0. The van der Waals surface area contributed by atoms with E-state index >= 15 is 0 Å². The fraction of sp³-hybridized carbons (Fsp3) is 0.391. The average molecular weight is 501 g/mol. The number of hydrogen-bond acceptors (Lipinski definition) is 6. The highest BCUT2D eigenvalue weighted by Crippen LogP contribution is 2.32. The van der Waals surface area contributed by atoms with Crippen molar-refractivity contribution in [3.8, 4) is 6.07 Å². The second kappa shape index (κ2) is 14.1. The third-order valence-electron chi connectivity index (χ3n) is 3.93. The van der Waals surface area contributed by atoms with Gasteiger partial charge in [0.1, 0.15) is 18.5 Å². The van der Waals surface area contributed by atoms with E-state index in [1.165, 1.54) is 18.6 Å². The lowest BCUT2D eigenvalue weighted by atomic mass is 10.1. The molecule has 0 amide bonds. The molecule has 1 aromatic carbocycles. The molecule has 0 bridgehead atoms. The van der Waals surface area contributed by atoms with Crippen LogP contribution in [0.2, 0.25) is 0 Å². The average Bonchev–Trinajstić information content (AvgIpc) is 2.80. The van der Waals surface area contributed by atoms with E-state index in [0.717, 1.165) is 6.07 Å². The molecule has 1 aromatic heterocycles. The summed E-state index contributed by atoms with van der Waals surface area (Å²) in [6.07, 6.45) is -4.67. The Morgan fingerprint density at radius 1 is 1.26 bits per heavy atom. The van der Waals surface area contributed by atoms with E-state index in [1.807, 2.05) is 27.7 Å². The van der Waals surface area contributed by atoms with E-state index in [-0.39, 0.29) is 46.7 Å². The summed E-state index contributed by atoms with van der Waals surface area (Å²) < 4.78 is 50.5. The Bertz CT molecular complexity index is 1150. The van der Waals surface area contributed by atoms with Crippen molar-refractivity contribution in [1.29, 1.82) is 5.26 Å². The van der Waals surface area contributed by atoms with E-state index in [0.29, 0.717) is 6.07 Å². The predicted octanol–water partition coefficient (Wildman–Crippen LogP) is 5.93. The Kier molecular flexibility index (Phi) is 12.7. The van der Waals surface area contributed by atoms with Crippen molar-refractivity contribution in [2.75, 3.05) is 13.7 Å². The van der Waals surface area contributed by atoms with Gasteiger partial charge >= 0.3 is 6.18 Å². The molecule has 0 aliphatic rings. The highest BCUT2D eigenvalue weighted by Gasteiger charge is 2.32. The second-order valence-electron chi connectivity index (χ2n) is 5.91. The van der Waals surface area contributed by atoms with Crippen LogP contribution in [0.1, 0.15) is 44.6 Å². The minimum absolute atomic E-state index is 0.00140.